The molecule has 0 radical (unpaired) electrons. The molecule has 1 atom stereocenters. The number of anilines is 1. The molecule has 0 aromatic heterocycles. The van der Waals surface area contributed by atoms with E-state index in [-0.39, 0.29) is 39.8 Å². The number of methoxy groups -OCH3 is 1. The van der Waals surface area contributed by atoms with Gasteiger partial charge < -0.3 is 15.0 Å². The number of sulfonamides is 1. The molecule has 1 N–H and O–H groups in total. The molecule has 0 fully saturated rings. The fraction of sp³-hybridized carbons (Fsp3) is 0.310. The van der Waals surface area contributed by atoms with E-state index in [9.17, 15) is 18.0 Å². The maximum atomic E-state index is 13.9. The zero-order valence-corrected chi connectivity index (χ0v) is 24.1. The lowest BCUT2D eigenvalue weighted by Crippen LogP contribution is -2.53. The third-order valence-corrected chi connectivity index (χ3v) is 8.11. The van der Waals surface area contributed by atoms with E-state index in [1.54, 1.807) is 37.3 Å². The van der Waals surface area contributed by atoms with Crippen molar-refractivity contribution < 1.29 is 22.7 Å². The van der Waals surface area contributed by atoms with Crippen molar-refractivity contribution >= 4 is 39.1 Å². The van der Waals surface area contributed by atoms with Crippen LogP contribution in [0.15, 0.2) is 83.8 Å². The Morgan fingerprint density at radius 3 is 2.15 bits per heavy atom. The van der Waals surface area contributed by atoms with Gasteiger partial charge in [-0.1, -0.05) is 60.1 Å². The smallest absolute Gasteiger partial charge is 0.264 e. The fourth-order valence-corrected chi connectivity index (χ4v) is 5.67. The second kappa shape index (κ2) is 13.5. The second-order valence-electron chi connectivity index (χ2n) is 9.30. The Balaban J connectivity index is 2.03. The summed E-state index contributed by atoms with van der Waals surface area (Å²) in [6.45, 7) is 4.95. The zero-order valence-electron chi connectivity index (χ0n) is 22.5. The van der Waals surface area contributed by atoms with Gasteiger partial charge in [0.25, 0.3) is 10.0 Å². The molecule has 8 nitrogen and oxygen atoms in total. The van der Waals surface area contributed by atoms with Crippen LogP contribution in [0.25, 0.3) is 0 Å². The number of nitrogens with zero attached hydrogens (tertiary/aromatic N) is 2. The van der Waals surface area contributed by atoms with E-state index in [4.69, 9.17) is 16.3 Å². The number of carbonyl (C=O) groups is 2. The number of benzene rings is 3. The van der Waals surface area contributed by atoms with Gasteiger partial charge in [0.1, 0.15) is 18.3 Å². The topological polar surface area (TPSA) is 96.0 Å². The number of amides is 2. The minimum absolute atomic E-state index is 0.00117. The summed E-state index contributed by atoms with van der Waals surface area (Å²) in [4.78, 5) is 28.3. The average Bonchev–Trinajstić information content (AvgIpc) is 2.92. The minimum atomic E-state index is -4.22. The van der Waals surface area contributed by atoms with Crippen LogP contribution in [0.1, 0.15) is 26.3 Å². The molecule has 0 unspecified atom stereocenters. The largest absolute Gasteiger partial charge is 0.495 e. The lowest BCUT2D eigenvalue weighted by molar-refractivity contribution is -0.139. The van der Waals surface area contributed by atoms with Crippen LogP contribution in [-0.4, -0.2) is 57.4 Å². The summed E-state index contributed by atoms with van der Waals surface area (Å²) in [5.41, 5.74) is 1.10. The number of halogens is 1. The molecule has 0 aliphatic heterocycles. The Kier molecular flexibility index (Phi) is 10.4. The molecule has 3 aromatic carbocycles. The van der Waals surface area contributed by atoms with E-state index in [0.717, 1.165) is 9.87 Å². The monoisotopic (exact) mass is 571 g/mol. The molecule has 0 saturated carbocycles. The van der Waals surface area contributed by atoms with E-state index in [2.05, 4.69) is 5.32 Å². The molecule has 0 aliphatic carbocycles. The van der Waals surface area contributed by atoms with E-state index in [1.807, 2.05) is 44.2 Å². The molecule has 0 aliphatic rings. The number of carbonyl (C=O) groups excluding carboxylic acids is 2. The Hall–Kier alpha value is -3.56. The number of hydrogen-bond acceptors (Lipinski definition) is 5. The van der Waals surface area contributed by atoms with Crippen molar-refractivity contribution in [1.29, 1.82) is 0 Å². The van der Waals surface area contributed by atoms with Crippen LogP contribution >= 0.6 is 11.6 Å². The molecule has 0 heterocycles. The van der Waals surface area contributed by atoms with E-state index in [0.29, 0.717) is 6.42 Å². The van der Waals surface area contributed by atoms with Gasteiger partial charge in [0.2, 0.25) is 11.8 Å². The Labute approximate surface area is 235 Å². The lowest BCUT2D eigenvalue weighted by atomic mass is 10.1. The van der Waals surface area contributed by atoms with Gasteiger partial charge in [0.15, 0.2) is 0 Å². The zero-order chi connectivity index (χ0) is 28.6. The summed E-state index contributed by atoms with van der Waals surface area (Å²) in [6, 6.07) is 21.0. The van der Waals surface area contributed by atoms with E-state index < -0.39 is 28.5 Å². The number of hydrogen-bond donors (Lipinski definition) is 1. The first-order valence-corrected chi connectivity index (χ1v) is 14.4. The molecular weight excluding hydrogens is 538 g/mol. The van der Waals surface area contributed by atoms with Crippen LogP contribution in [0.4, 0.5) is 5.69 Å². The normalized spacial score (nSPS) is 12.1. The highest BCUT2D eigenvalue weighted by molar-refractivity contribution is 7.92. The Morgan fingerprint density at radius 1 is 0.949 bits per heavy atom. The van der Waals surface area contributed by atoms with Crippen LogP contribution in [0.5, 0.6) is 5.75 Å². The van der Waals surface area contributed by atoms with Gasteiger partial charge in [-0.15, -0.1) is 0 Å². The molecule has 39 heavy (non-hydrogen) atoms. The number of nitrogens with one attached hydrogen (secondary N) is 1. The fourth-order valence-electron chi connectivity index (χ4n) is 4.07. The summed E-state index contributed by atoms with van der Waals surface area (Å²) in [5, 5.41) is 3.12. The molecule has 10 heteroatoms. The second-order valence-corrected chi connectivity index (χ2v) is 11.6. The molecule has 208 valence electrons. The summed E-state index contributed by atoms with van der Waals surface area (Å²) in [7, 11) is -2.81. The van der Waals surface area contributed by atoms with Crippen LogP contribution in [0.2, 0.25) is 5.02 Å². The van der Waals surface area contributed by atoms with Crippen molar-refractivity contribution in [2.24, 2.45) is 0 Å². The van der Waals surface area contributed by atoms with Gasteiger partial charge in [-0.3, -0.25) is 13.9 Å². The summed E-state index contributed by atoms with van der Waals surface area (Å²) in [5.74, 6) is -0.642. The van der Waals surface area contributed by atoms with Crippen molar-refractivity contribution in [1.82, 2.24) is 10.2 Å². The summed E-state index contributed by atoms with van der Waals surface area (Å²) in [6.07, 6.45) is 0.484. The first-order valence-electron chi connectivity index (χ1n) is 12.6. The van der Waals surface area contributed by atoms with Crippen molar-refractivity contribution in [2.45, 2.75) is 44.2 Å². The predicted octanol–water partition coefficient (Wildman–Crippen LogP) is 4.53. The quantitative estimate of drug-likeness (QED) is 0.345. The van der Waals surface area contributed by atoms with Crippen molar-refractivity contribution in [3.05, 3.63) is 89.4 Å². The minimum Gasteiger partial charge on any atom is -0.495 e. The van der Waals surface area contributed by atoms with Gasteiger partial charge in [0, 0.05) is 17.6 Å². The molecule has 3 aromatic rings. The van der Waals surface area contributed by atoms with Gasteiger partial charge >= 0.3 is 0 Å². The van der Waals surface area contributed by atoms with Gasteiger partial charge in [-0.25, -0.2) is 8.42 Å². The van der Waals surface area contributed by atoms with Crippen LogP contribution in [0, 0.1) is 0 Å². The van der Waals surface area contributed by atoms with Gasteiger partial charge in [-0.05, 0) is 63.1 Å². The molecule has 0 spiro atoms. The molecule has 0 bridgehead atoms. The molecule has 3 rings (SSSR count). The highest BCUT2D eigenvalue weighted by Crippen LogP contribution is 2.35. The maximum absolute atomic E-state index is 13.9. The maximum Gasteiger partial charge on any atom is 0.264 e. The highest BCUT2D eigenvalue weighted by Gasteiger charge is 2.33. The number of ether oxygens (including phenoxy) is 1. The van der Waals surface area contributed by atoms with Crippen LogP contribution in [0.3, 0.4) is 0 Å². The van der Waals surface area contributed by atoms with Crippen LogP contribution < -0.4 is 14.4 Å². The predicted molar refractivity (Wildman–Crippen MR) is 154 cm³/mol. The average molecular weight is 572 g/mol. The summed E-state index contributed by atoms with van der Waals surface area (Å²) < 4.78 is 34.2. The first-order chi connectivity index (χ1) is 18.5. The van der Waals surface area contributed by atoms with Gasteiger partial charge in [0.05, 0.1) is 17.7 Å². The number of rotatable bonds is 12. The highest BCUT2D eigenvalue weighted by atomic mass is 35.5. The first kappa shape index (κ1) is 30.0. The van der Waals surface area contributed by atoms with Crippen molar-refractivity contribution in [2.75, 3.05) is 24.5 Å². The molecule has 0 saturated heterocycles. The third-order valence-electron chi connectivity index (χ3n) is 6.10. The standard InChI is InChI=1S/C29H34ClN3O5S/c1-21(2)31-29(35)22(3)32(18-17-23-11-7-5-8-12-23)28(34)20-33(26-19-24(30)15-16-27(26)38-4)39(36,37)25-13-9-6-10-14-25/h5-16,19,21-22H,17-18,20H2,1-4H3,(H,31,35)/t22-/m1/s1. The Bertz CT molecular complexity index is 1370. The van der Waals surface area contributed by atoms with E-state index >= 15 is 0 Å². The SMILES string of the molecule is COc1ccc(Cl)cc1N(CC(=O)N(CCc1ccccc1)[C@H](C)C(=O)NC(C)C)S(=O)(=O)c1ccccc1. The van der Waals surface area contributed by atoms with Crippen molar-refractivity contribution in [3.8, 4) is 5.75 Å². The molecule has 2 amide bonds. The Morgan fingerprint density at radius 2 is 1.56 bits per heavy atom. The van der Waals surface area contributed by atoms with Gasteiger partial charge in [-0.2, -0.15) is 0 Å². The van der Waals surface area contributed by atoms with E-state index in [1.165, 1.54) is 30.2 Å². The van der Waals surface area contributed by atoms with Crippen molar-refractivity contribution in [3.63, 3.8) is 0 Å². The molecular formula is C29H34ClN3O5S. The summed E-state index contributed by atoms with van der Waals surface area (Å²) >= 11 is 6.25. The van der Waals surface area contributed by atoms with Crippen LogP contribution in [-0.2, 0) is 26.0 Å². The third kappa shape index (κ3) is 7.74. The lowest BCUT2D eigenvalue weighted by Gasteiger charge is -2.32.